The van der Waals surface area contributed by atoms with Gasteiger partial charge in [-0.1, -0.05) is 0 Å². The van der Waals surface area contributed by atoms with Gasteiger partial charge in [0.1, 0.15) is 0 Å². The van der Waals surface area contributed by atoms with E-state index in [4.69, 9.17) is 0 Å². The molecule has 0 spiro atoms. The molecule has 0 bridgehead atoms. The average Bonchev–Trinajstić information content (AvgIpc) is 2.58. The topological polar surface area (TPSA) is 0 Å². The molecule has 2 rings (SSSR count). The molecule has 2 heteroatoms. The van der Waals surface area contributed by atoms with Gasteiger partial charge in [-0.2, -0.15) is 0 Å². The van der Waals surface area contributed by atoms with E-state index in [1.807, 2.05) is 5.56 Å². The summed E-state index contributed by atoms with van der Waals surface area (Å²) < 4.78 is 3.03. The summed E-state index contributed by atoms with van der Waals surface area (Å²) in [6.07, 6.45) is 12.4. The predicted molar refractivity (Wildman–Crippen MR) is 108 cm³/mol. The first kappa shape index (κ1) is 20.0. The van der Waals surface area contributed by atoms with Crippen LogP contribution in [0.15, 0.2) is 0 Å². The number of alkyl halides is 2. The summed E-state index contributed by atoms with van der Waals surface area (Å²) >= 11 is 3.04. The number of halogens is 2. The van der Waals surface area contributed by atoms with Crippen LogP contribution in [-0.4, -0.2) is 9.36 Å². The zero-order valence-electron chi connectivity index (χ0n) is 15.4. The minimum absolute atomic E-state index is 0.395. The molecule has 0 nitrogen and oxygen atoms in total. The van der Waals surface area contributed by atoms with Crippen LogP contribution < -0.4 is 21.2 Å². The van der Waals surface area contributed by atoms with Crippen molar-refractivity contribution >= 4 is 22.6 Å². The molecule has 0 atom stereocenters. The SMILES string of the molecule is CCCc1c(CC)c(I)c(C)c(CC[I-]C)c1C1CCCCC1. The van der Waals surface area contributed by atoms with Crippen molar-refractivity contribution in [3.63, 3.8) is 0 Å². The van der Waals surface area contributed by atoms with Crippen LogP contribution in [0.5, 0.6) is 0 Å². The van der Waals surface area contributed by atoms with Crippen molar-refractivity contribution in [2.24, 2.45) is 0 Å². The molecule has 132 valence electrons. The van der Waals surface area contributed by atoms with Crippen molar-refractivity contribution in [3.05, 3.63) is 31.4 Å². The van der Waals surface area contributed by atoms with Gasteiger partial charge in [-0.25, -0.2) is 0 Å². The number of rotatable bonds is 7. The van der Waals surface area contributed by atoms with Crippen molar-refractivity contribution in [2.45, 2.75) is 84.5 Å². The molecule has 1 aromatic carbocycles. The Kier molecular flexibility index (Phi) is 8.68. The summed E-state index contributed by atoms with van der Waals surface area (Å²) in [5.74, 6) is 0.858. The molecular weight excluding hydrogens is 506 g/mol. The molecule has 0 unspecified atom stereocenters. The van der Waals surface area contributed by atoms with Crippen LogP contribution in [0.4, 0.5) is 0 Å². The average molecular weight is 539 g/mol. The van der Waals surface area contributed by atoms with Crippen molar-refractivity contribution in [3.8, 4) is 0 Å². The summed E-state index contributed by atoms with van der Waals surface area (Å²) in [4.78, 5) is 2.44. The standard InChI is InChI=1S/C21H33I2/c1-5-10-19-17(6-2)21(22)15(3)18(13-14-23-4)20(19)16-11-8-7-9-12-16/h16H,5-14H2,1-4H3/q-1. The molecule has 0 saturated heterocycles. The van der Waals surface area contributed by atoms with Gasteiger partial charge in [0.15, 0.2) is 0 Å². The first-order chi connectivity index (χ1) is 11.2. The second kappa shape index (κ2) is 9.98. The Morgan fingerprint density at radius 2 is 1.70 bits per heavy atom. The van der Waals surface area contributed by atoms with E-state index in [2.05, 4.69) is 48.3 Å². The molecule has 0 heterocycles. The summed E-state index contributed by atoms with van der Waals surface area (Å²) in [6.45, 7) is 7.12. The molecule has 0 aliphatic heterocycles. The Morgan fingerprint density at radius 3 is 2.26 bits per heavy atom. The summed E-state index contributed by atoms with van der Waals surface area (Å²) in [7, 11) is 0. The van der Waals surface area contributed by atoms with E-state index in [1.165, 1.54) is 62.2 Å². The molecule has 1 aliphatic rings. The van der Waals surface area contributed by atoms with Crippen LogP contribution in [0, 0.1) is 10.5 Å². The van der Waals surface area contributed by atoms with Gasteiger partial charge in [-0.05, 0) is 0 Å². The Hall–Kier alpha value is 0.680. The zero-order chi connectivity index (χ0) is 16.8. The second-order valence-electron chi connectivity index (χ2n) is 6.93. The van der Waals surface area contributed by atoms with E-state index in [1.54, 1.807) is 25.8 Å². The van der Waals surface area contributed by atoms with Crippen molar-refractivity contribution in [1.29, 1.82) is 0 Å². The fourth-order valence-corrected chi connectivity index (χ4v) is 6.45. The minimum atomic E-state index is 0.395. The van der Waals surface area contributed by atoms with E-state index in [0.29, 0.717) is 21.2 Å². The predicted octanol–water partition coefficient (Wildman–Crippen LogP) is 3.42. The van der Waals surface area contributed by atoms with Crippen LogP contribution in [0.3, 0.4) is 0 Å². The quantitative estimate of drug-likeness (QED) is 0.368. The van der Waals surface area contributed by atoms with Gasteiger partial charge in [0.05, 0.1) is 0 Å². The van der Waals surface area contributed by atoms with Crippen LogP contribution in [-0.2, 0) is 19.3 Å². The van der Waals surface area contributed by atoms with E-state index >= 15 is 0 Å². The monoisotopic (exact) mass is 539 g/mol. The Morgan fingerprint density at radius 1 is 1.00 bits per heavy atom. The molecule has 1 fully saturated rings. The van der Waals surface area contributed by atoms with Crippen molar-refractivity contribution in [1.82, 2.24) is 0 Å². The van der Waals surface area contributed by atoms with Crippen molar-refractivity contribution < 1.29 is 21.2 Å². The van der Waals surface area contributed by atoms with Gasteiger partial charge in [-0.3, -0.25) is 0 Å². The summed E-state index contributed by atoms with van der Waals surface area (Å²) in [5.41, 5.74) is 8.67. The number of hydrogen-bond acceptors (Lipinski definition) is 0. The molecule has 23 heavy (non-hydrogen) atoms. The zero-order valence-corrected chi connectivity index (χ0v) is 19.7. The molecule has 0 N–H and O–H groups in total. The maximum atomic E-state index is 2.64. The first-order valence-electron chi connectivity index (χ1n) is 9.41. The Bertz CT molecular complexity index is 513. The number of benzene rings is 1. The molecule has 0 radical (unpaired) electrons. The summed E-state index contributed by atoms with van der Waals surface area (Å²) in [6, 6.07) is 0. The van der Waals surface area contributed by atoms with E-state index in [-0.39, 0.29) is 0 Å². The van der Waals surface area contributed by atoms with Gasteiger partial charge in [0.25, 0.3) is 0 Å². The third-order valence-electron chi connectivity index (χ3n) is 5.46. The van der Waals surface area contributed by atoms with E-state index < -0.39 is 0 Å². The molecule has 0 aromatic heterocycles. The van der Waals surface area contributed by atoms with Gasteiger partial charge < -0.3 is 0 Å². The first-order valence-corrected chi connectivity index (χ1v) is 14.2. The third-order valence-corrected chi connectivity index (χ3v) is 8.54. The Labute approximate surface area is 168 Å². The normalized spacial score (nSPS) is 16.2. The van der Waals surface area contributed by atoms with Crippen LogP contribution >= 0.6 is 22.6 Å². The van der Waals surface area contributed by atoms with Crippen LogP contribution in [0.1, 0.15) is 86.1 Å². The van der Waals surface area contributed by atoms with Crippen molar-refractivity contribution in [2.75, 3.05) is 9.36 Å². The van der Waals surface area contributed by atoms with E-state index in [9.17, 15) is 0 Å². The number of hydrogen-bond donors (Lipinski definition) is 0. The second-order valence-corrected chi connectivity index (χ2v) is 10.6. The molecule has 1 aliphatic carbocycles. The molecule has 1 saturated carbocycles. The third kappa shape index (κ3) is 4.65. The van der Waals surface area contributed by atoms with E-state index in [0.717, 1.165) is 5.92 Å². The molecular formula is C21H33I2-. The summed E-state index contributed by atoms with van der Waals surface area (Å²) in [5, 5.41) is 0. The molecule has 1 aromatic rings. The van der Waals surface area contributed by atoms with Gasteiger partial charge in [0, 0.05) is 0 Å². The Balaban J connectivity index is 2.61. The van der Waals surface area contributed by atoms with Crippen LogP contribution in [0.25, 0.3) is 0 Å². The maximum absolute atomic E-state index is 2.64. The fourth-order valence-electron chi connectivity index (χ4n) is 4.34. The fraction of sp³-hybridized carbons (Fsp3) is 0.714. The van der Waals surface area contributed by atoms with Crippen LogP contribution in [0.2, 0.25) is 0 Å². The van der Waals surface area contributed by atoms with Gasteiger partial charge in [0.2, 0.25) is 0 Å². The molecule has 0 amide bonds. The van der Waals surface area contributed by atoms with Gasteiger partial charge in [-0.15, -0.1) is 0 Å². The van der Waals surface area contributed by atoms with Gasteiger partial charge >= 0.3 is 169 Å².